The summed E-state index contributed by atoms with van der Waals surface area (Å²) in [4.78, 5) is 0. The van der Waals surface area contributed by atoms with Crippen LogP contribution < -0.4 is 9.47 Å². The molecule has 0 N–H and O–H groups in total. The Balaban J connectivity index is 1.53. The van der Waals surface area contributed by atoms with E-state index in [4.69, 9.17) is 14.2 Å². The minimum atomic E-state index is -4.35. The van der Waals surface area contributed by atoms with Gasteiger partial charge in [-0.05, 0) is 47.5 Å². The fourth-order valence-electron chi connectivity index (χ4n) is 3.00. The molecule has 0 heterocycles. The summed E-state index contributed by atoms with van der Waals surface area (Å²) >= 11 is 0. The van der Waals surface area contributed by atoms with Gasteiger partial charge in [-0.3, -0.25) is 0 Å². The summed E-state index contributed by atoms with van der Waals surface area (Å²) < 4.78 is 53.4. The molecular formula is C25H25F3O3. The summed E-state index contributed by atoms with van der Waals surface area (Å²) in [5.41, 5.74) is 1.62. The molecule has 31 heavy (non-hydrogen) atoms. The quantitative estimate of drug-likeness (QED) is 0.369. The molecule has 0 aromatic heterocycles. The van der Waals surface area contributed by atoms with Crippen molar-refractivity contribution < 1.29 is 27.4 Å². The van der Waals surface area contributed by atoms with E-state index in [-0.39, 0.29) is 11.2 Å². The van der Waals surface area contributed by atoms with Gasteiger partial charge in [-0.2, -0.15) is 13.2 Å². The van der Waals surface area contributed by atoms with Crippen LogP contribution in [-0.2, 0) is 16.8 Å². The largest absolute Gasteiger partial charge is 0.484 e. The average molecular weight is 430 g/mol. The molecule has 164 valence electrons. The molecule has 0 aliphatic heterocycles. The van der Waals surface area contributed by atoms with E-state index >= 15 is 0 Å². The van der Waals surface area contributed by atoms with Crippen LogP contribution in [-0.4, -0.2) is 19.4 Å². The third kappa shape index (κ3) is 7.33. The van der Waals surface area contributed by atoms with E-state index in [1.807, 2.05) is 68.4 Å². The van der Waals surface area contributed by atoms with Crippen LogP contribution in [0, 0.1) is 0 Å². The lowest BCUT2D eigenvalue weighted by atomic mass is 9.85. The molecular weight excluding hydrogens is 405 g/mol. The van der Waals surface area contributed by atoms with E-state index in [0.29, 0.717) is 13.2 Å². The highest BCUT2D eigenvalue weighted by molar-refractivity contribution is 5.34. The predicted molar refractivity (Wildman–Crippen MR) is 114 cm³/mol. The zero-order chi connectivity index (χ0) is 22.3. The van der Waals surface area contributed by atoms with Crippen LogP contribution >= 0.6 is 0 Å². The normalized spacial score (nSPS) is 11.9. The van der Waals surface area contributed by atoms with Gasteiger partial charge in [0.1, 0.15) is 17.2 Å². The van der Waals surface area contributed by atoms with Gasteiger partial charge in [-0.15, -0.1) is 0 Å². The second-order valence-electron chi connectivity index (χ2n) is 7.87. The zero-order valence-corrected chi connectivity index (χ0v) is 17.5. The fourth-order valence-corrected chi connectivity index (χ4v) is 3.00. The first-order chi connectivity index (χ1) is 14.7. The number of rotatable bonds is 9. The maximum atomic E-state index is 12.3. The van der Waals surface area contributed by atoms with Gasteiger partial charge < -0.3 is 14.2 Å². The number of para-hydroxylation sites is 1. The van der Waals surface area contributed by atoms with Crippen LogP contribution in [0.5, 0.6) is 17.2 Å². The van der Waals surface area contributed by atoms with Crippen molar-refractivity contribution in [2.45, 2.75) is 32.0 Å². The number of alkyl halides is 3. The number of hydrogen-bond acceptors (Lipinski definition) is 3. The molecule has 0 amide bonds. The Kier molecular flexibility index (Phi) is 7.23. The van der Waals surface area contributed by atoms with Gasteiger partial charge >= 0.3 is 6.18 Å². The SMILES string of the molecule is CC(C)(COCc1cccc(Oc2ccccc2)c1)c1ccc(OCC(F)(F)F)cc1. The highest BCUT2D eigenvalue weighted by atomic mass is 19.4. The standard InChI is InChI=1S/C25H25F3O3/c1-24(2,20-11-13-21(14-12-20)30-18-25(26,27)28)17-29-16-19-7-6-10-23(15-19)31-22-8-4-3-5-9-22/h3-15H,16-18H2,1-2H3. The molecule has 0 aliphatic carbocycles. The maximum absolute atomic E-state index is 12.3. The maximum Gasteiger partial charge on any atom is 0.422 e. The van der Waals surface area contributed by atoms with Gasteiger partial charge in [0.15, 0.2) is 6.61 Å². The van der Waals surface area contributed by atoms with E-state index < -0.39 is 12.8 Å². The van der Waals surface area contributed by atoms with Crippen molar-refractivity contribution in [3.8, 4) is 17.2 Å². The van der Waals surface area contributed by atoms with Crippen LogP contribution in [0.25, 0.3) is 0 Å². The average Bonchev–Trinajstić information content (AvgIpc) is 2.73. The first-order valence-corrected chi connectivity index (χ1v) is 9.91. The van der Waals surface area contributed by atoms with Crippen LogP contribution in [0.4, 0.5) is 13.2 Å². The molecule has 0 saturated carbocycles. The van der Waals surface area contributed by atoms with Crippen molar-refractivity contribution in [2.24, 2.45) is 0 Å². The van der Waals surface area contributed by atoms with Crippen molar-refractivity contribution in [2.75, 3.05) is 13.2 Å². The summed E-state index contributed by atoms with van der Waals surface area (Å²) in [7, 11) is 0. The van der Waals surface area contributed by atoms with Crippen LogP contribution in [0.3, 0.4) is 0 Å². The second kappa shape index (κ2) is 9.88. The molecule has 0 saturated heterocycles. The molecule has 3 rings (SSSR count). The summed E-state index contributed by atoms with van der Waals surface area (Å²) in [6.45, 7) is 3.61. The fraction of sp³-hybridized carbons (Fsp3) is 0.280. The van der Waals surface area contributed by atoms with Crippen molar-refractivity contribution in [3.05, 3.63) is 90.0 Å². The molecule has 3 nitrogen and oxygen atoms in total. The topological polar surface area (TPSA) is 27.7 Å². The van der Waals surface area contributed by atoms with Crippen molar-refractivity contribution in [3.63, 3.8) is 0 Å². The van der Waals surface area contributed by atoms with Gasteiger partial charge in [0.25, 0.3) is 0 Å². The number of ether oxygens (including phenoxy) is 3. The lowest BCUT2D eigenvalue weighted by Crippen LogP contribution is -2.24. The molecule has 0 atom stereocenters. The van der Waals surface area contributed by atoms with Gasteiger partial charge in [-0.25, -0.2) is 0 Å². The Morgan fingerprint density at radius 1 is 0.710 bits per heavy atom. The van der Waals surface area contributed by atoms with Crippen molar-refractivity contribution >= 4 is 0 Å². The summed E-state index contributed by atoms with van der Waals surface area (Å²) in [5.74, 6) is 1.69. The van der Waals surface area contributed by atoms with E-state index in [1.54, 1.807) is 24.3 Å². The smallest absolute Gasteiger partial charge is 0.422 e. The van der Waals surface area contributed by atoms with E-state index in [9.17, 15) is 13.2 Å². The third-order valence-electron chi connectivity index (χ3n) is 4.65. The Labute approximate surface area is 180 Å². The lowest BCUT2D eigenvalue weighted by Gasteiger charge is -2.25. The molecule has 0 aliphatic rings. The third-order valence-corrected chi connectivity index (χ3v) is 4.65. The molecule has 0 unspecified atom stereocenters. The Hall–Kier alpha value is -2.99. The Morgan fingerprint density at radius 3 is 2.06 bits per heavy atom. The molecule has 3 aromatic carbocycles. The zero-order valence-electron chi connectivity index (χ0n) is 17.5. The highest BCUT2D eigenvalue weighted by Gasteiger charge is 2.28. The Morgan fingerprint density at radius 2 is 1.39 bits per heavy atom. The number of halogens is 3. The van der Waals surface area contributed by atoms with Gasteiger partial charge in [-0.1, -0.05) is 56.3 Å². The van der Waals surface area contributed by atoms with E-state index in [2.05, 4.69) is 0 Å². The number of benzene rings is 3. The van der Waals surface area contributed by atoms with E-state index in [1.165, 1.54) is 0 Å². The second-order valence-corrected chi connectivity index (χ2v) is 7.87. The predicted octanol–water partition coefficient (Wildman–Crippen LogP) is 6.91. The molecule has 0 spiro atoms. The van der Waals surface area contributed by atoms with Crippen LogP contribution in [0.2, 0.25) is 0 Å². The summed E-state index contributed by atoms with van der Waals surface area (Å²) in [6.07, 6.45) is -4.35. The van der Waals surface area contributed by atoms with Gasteiger partial charge in [0.2, 0.25) is 0 Å². The molecule has 0 radical (unpaired) electrons. The van der Waals surface area contributed by atoms with Gasteiger partial charge in [0, 0.05) is 5.41 Å². The molecule has 0 bridgehead atoms. The van der Waals surface area contributed by atoms with Crippen LogP contribution in [0.1, 0.15) is 25.0 Å². The van der Waals surface area contributed by atoms with Gasteiger partial charge in [0.05, 0.1) is 13.2 Å². The molecule has 6 heteroatoms. The first kappa shape index (κ1) is 22.7. The monoisotopic (exact) mass is 430 g/mol. The minimum absolute atomic E-state index is 0.188. The number of hydrogen-bond donors (Lipinski definition) is 0. The summed E-state index contributed by atoms with van der Waals surface area (Å²) in [6, 6.07) is 23.9. The Bertz CT molecular complexity index is 952. The molecule has 0 fully saturated rings. The van der Waals surface area contributed by atoms with Crippen molar-refractivity contribution in [1.82, 2.24) is 0 Å². The first-order valence-electron chi connectivity index (χ1n) is 9.91. The van der Waals surface area contributed by atoms with Crippen LogP contribution in [0.15, 0.2) is 78.9 Å². The minimum Gasteiger partial charge on any atom is -0.484 e. The van der Waals surface area contributed by atoms with E-state index in [0.717, 1.165) is 22.6 Å². The summed E-state index contributed by atoms with van der Waals surface area (Å²) in [5, 5.41) is 0. The lowest BCUT2D eigenvalue weighted by molar-refractivity contribution is -0.153. The molecule has 3 aromatic rings. The highest BCUT2D eigenvalue weighted by Crippen LogP contribution is 2.27. The van der Waals surface area contributed by atoms with Crippen molar-refractivity contribution in [1.29, 1.82) is 0 Å².